The minimum Gasteiger partial charge on any atom is -0.444 e. The van der Waals surface area contributed by atoms with E-state index in [1.165, 1.54) is 4.90 Å². The molecule has 3 amide bonds. The fourth-order valence-corrected chi connectivity index (χ4v) is 3.23. The van der Waals surface area contributed by atoms with Crippen LogP contribution in [-0.2, 0) is 19.1 Å². The van der Waals surface area contributed by atoms with Gasteiger partial charge in [-0.25, -0.2) is 4.79 Å². The second kappa shape index (κ2) is 7.42. The SMILES string of the molecule is CC(C)(C)OC(=O)N1CCOC(C(=O)N2CCN(C(=O)C3CC3)CC2)C1. The molecule has 0 spiro atoms. The molecule has 0 aromatic rings. The molecule has 146 valence electrons. The molecular weight excluding hydrogens is 338 g/mol. The lowest BCUT2D eigenvalue weighted by Crippen LogP contribution is -2.57. The standard InChI is InChI=1S/C18H29N3O5/c1-18(2,3)26-17(24)21-10-11-25-14(12-21)16(23)20-8-6-19(7-9-20)15(22)13-4-5-13/h13-14H,4-12H2,1-3H3. The van der Waals surface area contributed by atoms with Crippen LogP contribution in [-0.4, -0.2) is 90.2 Å². The summed E-state index contributed by atoms with van der Waals surface area (Å²) in [5.74, 6) is 0.320. The highest BCUT2D eigenvalue weighted by Crippen LogP contribution is 2.31. The molecule has 3 rings (SSSR count). The van der Waals surface area contributed by atoms with Crippen LogP contribution in [0.15, 0.2) is 0 Å². The van der Waals surface area contributed by atoms with E-state index in [0.29, 0.717) is 39.3 Å². The molecule has 0 radical (unpaired) electrons. The minimum absolute atomic E-state index is 0.114. The molecule has 8 heteroatoms. The second-order valence-electron chi connectivity index (χ2n) is 8.21. The van der Waals surface area contributed by atoms with Crippen molar-refractivity contribution in [2.45, 2.75) is 45.3 Å². The number of piperazine rings is 1. The van der Waals surface area contributed by atoms with E-state index in [1.807, 2.05) is 25.7 Å². The molecule has 2 aliphatic heterocycles. The summed E-state index contributed by atoms with van der Waals surface area (Å²) < 4.78 is 11.0. The Kier molecular flexibility index (Phi) is 5.41. The lowest BCUT2D eigenvalue weighted by atomic mass is 10.2. The van der Waals surface area contributed by atoms with Crippen molar-refractivity contribution >= 4 is 17.9 Å². The van der Waals surface area contributed by atoms with Gasteiger partial charge in [0.05, 0.1) is 13.2 Å². The number of carbonyl (C=O) groups is 3. The van der Waals surface area contributed by atoms with Crippen molar-refractivity contribution in [1.82, 2.24) is 14.7 Å². The van der Waals surface area contributed by atoms with Gasteiger partial charge >= 0.3 is 6.09 Å². The van der Waals surface area contributed by atoms with Crippen molar-refractivity contribution in [3.8, 4) is 0 Å². The first-order chi connectivity index (χ1) is 12.2. The summed E-state index contributed by atoms with van der Waals surface area (Å²) in [5.41, 5.74) is -0.570. The van der Waals surface area contributed by atoms with Crippen molar-refractivity contribution in [2.75, 3.05) is 45.9 Å². The Balaban J connectivity index is 1.50. The summed E-state index contributed by atoms with van der Waals surface area (Å²) in [4.78, 5) is 42.2. The van der Waals surface area contributed by atoms with Crippen LogP contribution in [0.25, 0.3) is 0 Å². The molecule has 2 heterocycles. The van der Waals surface area contributed by atoms with Crippen molar-refractivity contribution in [3.05, 3.63) is 0 Å². The number of hydrogen-bond donors (Lipinski definition) is 0. The summed E-state index contributed by atoms with van der Waals surface area (Å²) in [6.45, 7) is 8.57. The summed E-state index contributed by atoms with van der Waals surface area (Å²) in [5, 5.41) is 0. The average Bonchev–Trinajstić information content (AvgIpc) is 3.44. The van der Waals surface area contributed by atoms with E-state index in [2.05, 4.69) is 0 Å². The minimum atomic E-state index is -0.665. The van der Waals surface area contributed by atoms with Crippen LogP contribution >= 0.6 is 0 Å². The van der Waals surface area contributed by atoms with E-state index < -0.39 is 17.8 Å². The zero-order chi connectivity index (χ0) is 18.9. The Morgan fingerprint density at radius 3 is 2.00 bits per heavy atom. The van der Waals surface area contributed by atoms with E-state index in [1.54, 1.807) is 4.90 Å². The van der Waals surface area contributed by atoms with Crippen LogP contribution in [0.4, 0.5) is 4.79 Å². The van der Waals surface area contributed by atoms with E-state index in [0.717, 1.165) is 12.8 Å². The van der Waals surface area contributed by atoms with Crippen molar-refractivity contribution in [3.63, 3.8) is 0 Å². The maximum Gasteiger partial charge on any atom is 0.410 e. The second-order valence-corrected chi connectivity index (χ2v) is 8.21. The molecule has 0 N–H and O–H groups in total. The molecule has 3 aliphatic rings. The highest BCUT2D eigenvalue weighted by Gasteiger charge is 2.38. The summed E-state index contributed by atoms with van der Waals surface area (Å²) in [6.07, 6.45) is 0.906. The van der Waals surface area contributed by atoms with Crippen LogP contribution in [0, 0.1) is 5.92 Å². The lowest BCUT2D eigenvalue weighted by Gasteiger charge is -2.39. The largest absolute Gasteiger partial charge is 0.444 e. The molecule has 8 nitrogen and oxygen atoms in total. The van der Waals surface area contributed by atoms with Crippen molar-refractivity contribution in [1.29, 1.82) is 0 Å². The molecule has 2 saturated heterocycles. The fraction of sp³-hybridized carbons (Fsp3) is 0.833. The maximum atomic E-state index is 12.7. The van der Waals surface area contributed by atoms with Crippen molar-refractivity contribution in [2.24, 2.45) is 5.92 Å². The molecule has 0 aromatic carbocycles. The van der Waals surface area contributed by atoms with Gasteiger partial charge < -0.3 is 24.2 Å². The van der Waals surface area contributed by atoms with Gasteiger partial charge in [-0.1, -0.05) is 0 Å². The first-order valence-corrected chi connectivity index (χ1v) is 9.42. The van der Waals surface area contributed by atoms with Gasteiger partial charge in [0, 0.05) is 38.6 Å². The predicted octanol–water partition coefficient (Wildman–Crippen LogP) is 0.703. The van der Waals surface area contributed by atoms with Crippen LogP contribution in [0.1, 0.15) is 33.6 Å². The Morgan fingerprint density at radius 1 is 0.885 bits per heavy atom. The number of morpholine rings is 1. The first kappa shape index (κ1) is 18.9. The Morgan fingerprint density at radius 2 is 1.46 bits per heavy atom. The van der Waals surface area contributed by atoms with Gasteiger partial charge in [0.1, 0.15) is 5.60 Å². The smallest absolute Gasteiger partial charge is 0.410 e. The first-order valence-electron chi connectivity index (χ1n) is 9.42. The topological polar surface area (TPSA) is 79.4 Å². The van der Waals surface area contributed by atoms with Crippen LogP contribution < -0.4 is 0 Å². The zero-order valence-electron chi connectivity index (χ0n) is 15.9. The summed E-state index contributed by atoms with van der Waals surface area (Å²) >= 11 is 0. The monoisotopic (exact) mass is 367 g/mol. The Labute approximate surface area is 154 Å². The van der Waals surface area contributed by atoms with Gasteiger partial charge in [0.25, 0.3) is 5.91 Å². The molecule has 1 atom stereocenters. The fourth-order valence-electron chi connectivity index (χ4n) is 3.23. The molecule has 0 bridgehead atoms. The molecular formula is C18H29N3O5. The van der Waals surface area contributed by atoms with E-state index in [-0.39, 0.29) is 24.3 Å². The molecule has 3 fully saturated rings. The number of rotatable bonds is 2. The van der Waals surface area contributed by atoms with Crippen LogP contribution in [0.5, 0.6) is 0 Å². The number of carbonyl (C=O) groups excluding carboxylic acids is 3. The van der Waals surface area contributed by atoms with Gasteiger partial charge in [-0.2, -0.15) is 0 Å². The molecule has 1 aliphatic carbocycles. The average molecular weight is 367 g/mol. The number of amides is 3. The highest BCUT2D eigenvalue weighted by atomic mass is 16.6. The molecule has 0 aromatic heterocycles. The van der Waals surface area contributed by atoms with Gasteiger partial charge in [-0.3, -0.25) is 9.59 Å². The third-order valence-electron chi connectivity index (χ3n) is 4.82. The normalized spacial score (nSPS) is 24.4. The number of ether oxygens (including phenoxy) is 2. The van der Waals surface area contributed by atoms with Crippen LogP contribution in [0.2, 0.25) is 0 Å². The lowest BCUT2D eigenvalue weighted by molar-refractivity contribution is -0.152. The Bertz CT molecular complexity index is 562. The number of nitrogens with zero attached hydrogens (tertiary/aromatic N) is 3. The van der Waals surface area contributed by atoms with Gasteiger partial charge in [0.15, 0.2) is 6.10 Å². The summed E-state index contributed by atoms with van der Waals surface area (Å²) in [7, 11) is 0. The van der Waals surface area contributed by atoms with E-state index >= 15 is 0 Å². The van der Waals surface area contributed by atoms with E-state index in [4.69, 9.17) is 9.47 Å². The predicted molar refractivity (Wildman–Crippen MR) is 93.4 cm³/mol. The molecule has 26 heavy (non-hydrogen) atoms. The summed E-state index contributed by atoms with van der Waals surface area (Å²) in [6, 6.07) is 0. The highest BCUT2D eigenvalue weighted by molar-refractivity contribution is 5.83. The zero-order valence-corrected chi connectivity index (χ0v) is 15.9. The quantitative estimate of drug-likeness (QED) is 0.718. The van der Waals surface area contributed by atoms with E-state index in [9.17, 15) is 14.4 Å². The Hall–Kier alpha value is -1.83. The van der Waals surface area contributed by atoms with Gasteiger partial charge in [-0.15, -0.1) is 0 Å². The van der Waals surface area contributed by atoms with Crippen molar-refractivity contribution < 1.29 is 23.9 Å². The maximum absolute atomic E-state index is 12.7. The van der Waals surface area contributed by atoms with Gasteiger partial charge in [0.2, 0.25) is 5.91 Å². The van der Waals surface area contributed by atoms with Gasteiger partial charge in [-0.05, 0) is 33.6 Å². The molecule has 1 unspecified atom stereocenters. The van der Waals surface area contributed by atoms with Crippen LogP contribution in [0.3, 0.4) is 0 Å². The third kappa shape index (κ3) is 4.66. The number of hydrogen-bond acceptors (Lipinski definition) is 5. The molecule has 1 saturated carbocycles. The third-order valence-corrected chi connectivity index (χ3v) is 4.82.